The van der Waals surface area contributed by atoms with Gasteiger partial charge in [-0.15, -0.1) is 0 Å². The lowest BCUT2D eigenvalue weighted by Crippen LogP contribution is -2.52. The number of anilines is 1. The average Bonchev–Trinajstić information content (AvgIpc) is 2.39. The molecule has 0 saturated heterocycles. The largest absolute Gasteiger partial charge is 0.324 e. The van der Waals surface area contributed by atoms with Crippen molar-refractivity contribution in [1.82, 2.24) is 0 Å². The minimum Gasteiger partial charge on any atom is -0.324 e. The first-order chi connectivity index (χ1) is 9.31. The number of carbonyl (C=O) groups excluding carboxylic acids is 1. The molecule has 6 nitrogen and oxygen atoms in total. The number of nitrogens with two attached hydrogens (primary N) is 2. The van der Waals surface area contributed by atoms with E-state index >= 15 is 0 Å². The van der Waals surface area contributed by atoms with E-state index in [1.807, 2.05) is 0 Å². The molecule has 7 heteroatoms. The molecule has 0 heterocycles. The van der Waals surface area contributed by atoms with Crippen LogP contribution >= 0.6 is 0 Å². The lowest BCUT2D eigenvalue weighted by molar-refractivity contribution is -0.122. The van der Waals surface area contributed by atoms with Crippen LogP contribution in [0.3, 0.4) is 0 Å². The second-order valence-electron chi connectivity index (χ2n) is 5.24. The van der Waals surface area contributed by atoms with E-state index < -0.39 is 15.6 Å². The predicted octanol–water partition coefficient (Wildman–Crippen LogP) is 0.934. The molecule has 0 aromatic heterocycles. The van der Waals surface area contributed by atoms with Gasteiger partial charge in [0.15, 0.2) is 0 Å². The number of nitrogens with one attached hydrogen (secondary N) is 1. The summed E-state index contributed by atoms with van der Waals surface area (Å²) in [5.41, 5.74) is 5.81. The maximum atomic E-state index is 12.2. The van der Waals surface area contributed by atoms with Crippen LogP contribution in [-0.2, 0) is 14.8 Å². The van der Waals surface area contributed by atoms with Gasteiger partial charge in [-0.25, -0.2) is 13.6 Å². The number of benzene rings is 1. The van der Waals surface area contributed by atoms with Crippen molar-refractivity contribution in [1.29, 1.82) is 0 Å². The standard InChI is InChI=1S/C13H19N3O3S/c14-13(8-2-1-3-9-13)12(17)16-10-4-6-11(7-5-10)20(15,18)19/h4-7H,1-3,8-9,14H2,(H,16,17)(H2,15,18,19). The van der Waals surface area contributed by atoms with Gasteiger partial charge in [-0.3, -0.25) is 4.79 Å². The quantitative estimate of drug-likeness (QED) is 0.769. The third-order valence-corrected chi connectivity index (χ3v) is 4.57. The van der Waals surface area contributed by atoms with E-state index in [1.165, 1.54) is 24.3 Å². The first-order valence-corrected chi connectivity index (χ1v) is 8.09. The van der Waals surface area contributed by atoms with Gasteiger partial charge in [0.1, 0.15) is 0 Å². The van der Waals surface area contributed by atoms with Crippen LogP contribution in [0.2, 0.25) is 0 Å². The summed E-state index contributed by atoms with van der Waals surface area (Å²) in [6.07, 6.45) is 4.36. The Morgan fingerprint density at radius 3 is 2.15 bits per heavy atom. The van der Waals surface area contributed by atoms with Gasteiger partial charge >= 0.3 is 0 Å². The molecule has 1 aromatic carbocycles. The third-order valence-electron chi connectivity index (χ3n) is 3.64. The third kappa shape index (κ3) is 3.36. The number of amides is 1. The van der Waals surface area contributed by atoms with E-state index in [0.29, 0.717) is 18.5 Å². The van der Waals surface area contributed by atoms with E-state index in [-0.39, 0.29) is 10.8 Å². The van der Waals surface area contributed by atoms with Gasteiger partial charge in [0, 0.05) is 5.69 Å². The monoisotopic (exact) mass is 297 g/mol. The second kappa shape index (κ2) is 5.51. The number of hydrogen-bond donors (Lipinski definition) is 3. The van der Waals surface area contributed by atoms with Crippen LogP contribution in [0.15, 0.2) is 29.2 Å². The van der Waals surface area contributed by atoms with Crippen LogP contribution in [0.25, 0.3) is 0 Å². The zero-order valence-corrected chi connectivity index (χ0v) is 11.9. The number of rotatable bonds is 3. The lowest BCUT2D eigenvalue weighted by atomic mass is 9.82. The fraction of sp³-hybridized carbons (Fsp3) is 0.462. The topological polar surface area (TPSA) is 115 Å². The Hall–Kier alpha value is -1.44. The van der Waals surface area contributed by atoms with Crippen molar-refractivity contribution >= 4 is 21.6 Å². The second-order valence-corrected chi connectivity index (χ2v) is 6.80. The number of hydrogen-bond acceptors (Lipinski definition) is 4. The zero-order valence-electron chi connectivity index (χ0n) is 11.1. The van der Waals surface area contributed by atoms with Gasteiger partial charge in [0.25, 0.3) is 0 Å². The van der Waals surface area contributed by atoms with Crippen molar-refractivity contribution < 1.29 is 13.2 Å². The molecule has 5 N–H and O–H groups in total. The van der Waals surface area contributed by atoms with Crippen LogP contribution in [-0.4, -0.2) is 19.9 Å². The highest BCUT2D eigenvalue weighted by atomic mass is 32.2. The number of primary sulfonamides is 1. The molecular formula is C13H19N3O3S. The van der Waals surface area contributed by atoms with Crippen molar-refractivity contribution in [3.63, 3.8) is 0 Å². The highest BCUT2D eigenvalue weighted by molar-refractivity contribution is 7.89. The first kappa shape index (κ1) is 15.0. The lowest BCUT2D eigenvalue weighted by Gasteiger charge is -2.31. The Morgan fingerprint density at radius 1 is 1.10 bits per heavy atom. The fourth-order valence-electron chi connectivity index (χ4n) is 2.39. The van der Waals surface area contributed by atoms with Gasteiger partial charge in [-0.1, -0.05) is 19.3 Å². The normalized spacial score (nSPS) is 18.5. The minimum absolute atomic E-state index is 0.00984. The molecule has 0 atom stereocenters. The van der Waals surface area contributed by atoms with E-state index in [0.717, 1.165) is 19.3 Å². The van der Waals surface area contributed by atoms with E-state index in [2.05, 4.69) is 5.32 Å². The highest BCUT2D eigenvalue weighted by Gasteiger charge is 2.35. The molecule has 0 unspecified atom stereocenters. The molecule has 0 radical (unpaired) electrons. The molecule has 1 aliphatic rings. The van der Waals surface area contributed by atoms with E-state index in [9.17, 15) is 13.2 Å². The van der Waals surface area contributed by atoms with Crippen LogP contribution < -0.4 is 16.2 Å². The molecule has 1 fully saturated rings. The van der Waals surface area contributed by atoms with Gasteiger partial charge in [0.05, 0.1) is 10.4 Å². The molecule has 20 heavy (non-hydrogen) atoms. The summed E-state index contributed by atoms with van der Waals surface area (Å²) in [7, 11) is -3.72. The van der Waals surface area contributed by atoms with Crippen molar-refractivity contribution in [2.45, 2.75) is 42.5 Å². The molecule has 0 bridgehead atoms. The predicted molar refractivity (Wildman–Crippen MR) is 76.4 cm³/mol. The van der Waals surface area contributed by atoms with Gasteiger partial charge in [-0.05, 0) is 37.1 Å². The van der Waals surface area contributed by atoms with Crippen molar-refractivity contribution in [3.05, 3.63) is 24.3 Å². The van der Waals surface area contributed by atoms with Crippen LogP contribution in [0.4, 0.5) is 5.69 Å². The Kier molecular flexibility index (Phi) is 4.12. The summed E-state index contributed by atoms with van der Waals surface area (Å²) in [6, 6.07) is 5.72. The number of sulfonamides is 1. The fourth-order valence-corrected chi connectivity index (χ4v) is 2.91. The van der Waals surface area contributed by atoms with Crippen LogP contribution in [0.5, 0.6) is 0 Å². The van der Waals surface area contributed by atoms with Gasteiger partial charge in [-0.2, -0.15) is 0 Å². The first-order valence-electron chi connectivity index (χ1n) is 6.54. The Balaban J connectivity index is 2.08. The maximum absolute atomic E-state index is 12.2. The van der Waals surface area contributed by atoms with E-state index in [4.69, 9.17) is 10.9 Å². The summed E-state index contributed by atoms with van der Waals surface area (Å²) in [4.78, 5) is 12.2. The molecule has 1 aliphatic carbocycles. The van der Waals surface area contributed by atoms with Crippen LogP contribution in [0, 0.1) is 0 Å². The van der Waals surface area contributed by atoms with Gasteiger partial charge in [0.2, 0.25) is 15.9 Å². The molecule has 1 aromatic rings. The minimum atomic E-state index is -3.72. The Labute approximate surface area is 118 Å². The zero-order chi connectivity index (χ0) is 14.8. The SMILES string of the molecule is NC1(C(=O)Nc2ccc(S(N)(=O)=O)cc2)CCCCC1. The molecule has 0 aliphatic heterocycles. The van der Waals surface area contributed by atoms with Gasteiger partial charge < -0.3 is 11.1 Å². The average molecular weight is 297 g/mol. The van der Waals surface area contributed by atoms with Crippen molar-refractivity contribution in [2.75, 3.05) is 5.32 Å². The summed E-state index contributed by atoms with van der Waals surface area (Å²) in [6.45, 7) is 0. The Bertz CT molecular complexity index is 590. The molecular weight excluding hydrogens is 278 g/mol. The summed E-state index contributed by atoms with van der Waals surface area (Å²) in [5.74, 6) is -0.222. The Morgan fingerprint density at radius 2 is 1.65 bits per heavy atom. The van der Waals surface area contributed by atoms with Crippen LogP contribution in [0.1, 0.15) is 32.1 Å². The van der Waals surface area contributed by atoms with E-state index in [1.54, 1.807) is 0 Å². The highest BCUT2D eigenvalue weighted by Crippen LogP contribution is 2.27. The molecule has 2 rings (SSSR count). The summed E-state index contributed by atoms with van der Waals surface area (Å²) < 4.78 is 22.3. The smallest absolute Gasteiger partial charge is 0.244 e. The van der Waals surface area contributed by atoms with Crippen molar-refractivity contribution in [3.8, 4) is 0 Å². The summed E-state index contributed by atoms with van der Waals surface area (Å²) >= 11 is 0. The molecule has 110 valence electrons. The molecule has 1 amide bonds. The van der Waals surface area contributed by atoms with Crippen molar-refractivity contribution in [2.24, 2.45) is 10.9 Å². The molecule has 1 saturated carbocycles. The molecule has 0 spiro atoms. The summed E-state index contributed by atoms with van der Waals surface area (Å²) in [5, 5.41) is 7.74. The maximum Gasteiger partial charge on any atom is 0.244 e. The number of carbonyl (C=O) groups is 1.